The van der Waals surface area contributed by atoms with Crippen LogP contribution in [0.4, 0.5) is 0 Å². The Kier molecular flexibility index (Phi) is 10.2. The third kappa shape index (κ3) is 8.29. The lowest BCUT2D eigenvalue weighted by Crippen LogP contribution is -2.38. The predicted molar refractivity (Wildman–Crippen MR) is 119 cm³/mol. The van der Waals surface area contributed by atoms with Crippen LogP contribution in [0.2, 0.25) is 0 Å². The molecule has 1 amide bonds. The number of rotatable bonds is 8. The fraction of sp³-hybridized carbons (Fsp3) is 0.300. The predicted octanol–water partition coefficient (Wildman–Crippen LogP) is 2.77. The van der Waals surface area contributed by atoms with Crippen molar-refractivity contribution in [2.75, 3.05) is 20.2 Å². The molecule has 0 saturated carbocycles. The maximum atomic E-state index is 10.8. The maximum absolute atomic E-state index is 10.8. The number of aliphatic imine (C=N–C) groups is 1. The van der Waals surface area contributed by atoms with E-state index in [0.717, 1.165) is 24.6 Å². The minimum Gasteiger partial charge on any atom is -0.484 e. The number of ether oxygens (including phenoxy) is 1. The molecule has 2 aromatic rings. The Hall–Kier alpha value is -2.29. The van der Waals surface area contributed by atoms with Gasteiger partial charge in [-0.25, -0.2) is 4.99 Å². The number of hydrogen-bond donors (Lipinski definition) is 2. The molecule has 0 fully saturated rings. The molecule has 0 bridgehead atoms. The fourth-order valence-corrected chi connectivity index (χ4v) is 2.46. The zero-order valence-electron chi connectivity index (χ0n) is 15.7. The first kappa shape index (κ1) is 22.8. The van der Waals surface area contributed by atoms with Crippen molar-refractivity contribution in [3.05, 3.63) is 65.7 Å². The highest BCUT2D eigenvalue weighted by Gasteiger charge is 2.07. The number of halogens is 1. The molecular weight excluding hydrogens is 455 g/mol. The van der Waals surface area contributed by atoms with Crippen LogP contribution in [-0.2, 0) is 17.9 Å². The van der Waals surface area contributed by atoms with Crippen molar-refractivity contribution in [1.29, 1.82) is 0 Å². The monoisotopic (exact) mass is 482 g/mol. The molecule has 2 rings (SSSR count). The lowest BCUT2D eigenvalue weighted by atomic mass is 10.2. The second-order valence-corrected chi connectivity index (χ2v) is 5.91. The van der Waals surface area contributed by atoms with Gasteiger partial charge in [-0.3, -0.25) is 4.79 Å². The van der Waals surface area contributed by atoms with Gasteiger partial charge in [0.05, 0.1) is 6.54 Å². The SMILES string of the molecule is CCNC(=NCc1cccc(OCC(N)=O)c1)N(C)Cc1ccccc1.I. The van der Waals surface area contributed by atoms with E-state index in [2.05, 4.69) is 22.3 Å². The van der Waals surface area contributed by atoms with Crippen LogP contribution in [0.25, 0.3) is 0 Å². The van der Waals surface area contributed by atoms with Crippen molar-refractivity contribution in [3.8, 4) is 5.75 Å². The van der Waals surface area contributed by atoms with E-state index in [4.69, 9.17) is 15.5 Å². The Bertz CT molecular complexity index is 738. The Morgan fingerprint density at radius 2 is 1.85 bits per heavy atom. The zero-order valence-corrected chi connectivity index (χ0v) is 18.1. The third-order valence-electron chi connectivity index (χ3n) is 3.65. The minimum atomic E-state index is -0.495. The Labute approximate surface area is 177 Å². The van der Waals surface area contributed by atoms with E-state index in [0.29, 0.717) is 12.3 Å². The highest BCUT2D eigenvalue weighted by molar-refractivity contribution is 14.0. The summed E-state index contributed by atoms with van der Waals surface area (Å²) in [5.74, 6) is 0.948. The minimum absolute atomic E-state index is 0. The van der Waals surface area contributed by atoms with Crippen molar-refractivity contribution in [1.82, 2.24) is 10.2 Å². The van der Waals surface area contributed by atoms with Crippen LogP contribution in [0, 0.1) is 0 Å². The van der Waals surface area contributed by atoms with Crippen molar-refractivity contribution >= 4 is 35.8 Å². The average molecular weight is 482 g/mol. The number of benzene rings is 2. The quantitative estimate of drug-likeness (QED) is 0.345. The van der Waals surface area contributed by atoms with E-state index >= 15 is 0 Å². The van der Waals surface area contributed by atoms with E-state index < -0.39 is 5.91 Å². The largest absolute Gasteiger partial charge is 0.484 e. The van der Waals surface area contributed by atoms with E-state index in [1.165, 1.54) is 5.56 Å². The van der Waals surface area contributed by atoms with Gasteiger partial charge in [0.25, 0.3) is 5.91 Å². The first-order chi connectivity index (χ1) is 12.6. The number of nitrogens with one attached hydrogen (secondary N) is 1. The van der Waals surface area contributed by atoms with Crippen LogP contribution in [-0.4, -0.2) is 37.0 Å². The molecule has 0 aliphatic heterocycles. The number of primary amides is 1. The van der Waals surface area contributed by atoms with Gasteiger partial charge in [0.1, 0.15) is 5.75 Å². The van der Waals surface area contributed by atoms with Gasteiger partial charge in [0.15, 0.2) is 12.6 Å². The molecule has 27 heavy (non-hydrogen) atoms. The summed E-state index contributed by atoms with van der Waals surface area (Å²) in [4.78, 5) is 17.6. The molecule has 0 radical (unpaired) electrons. The molecule has 0 saturated heterocycles. The van der Waals surface area contributed by atoms with Gasteiger partial charge in [-0.1, -0.05) is 42.5 Å². The number of hydrogen-bond acceptors (Lipinski definition) is 3. The van der Waals surface area contributed by atoms with Crippen LogP contribution < -0.4 is 15.8 Å². The van der Waals surface area contributed by atoms with Crippen LogP contribution in [0.5, 0.6) is 5.75 Å². The molecular formula is C20H27IN4O2. The number of guanidine groups is 1. The first-order valence-electron chi connectivity index (χ1n) is 8.62. The van der Waals surface area contributed by atoms with Gasteiger partial charge >= 0.3 is 0 Å². The highest BCUT2D eigenvalue weighted by atomic mass is 127. The summed E-state index contributed by atoms with van der Waals surface area (Å²) in [7, 11) is 2.01. The first-order valence-corrected chi connectivity index (χ1v) is 8.62. The summed E-state index contributed by atoms with van der Waals surface area (Å²) in [6, 6.07) is 17.8. The molecule has 0 spiro atoms. The van der Waals surface area contributed by atoms with Gasteiger partial charge in [0.2, 0.25) is 0 Å². The number of carbonyl (C=O) groups excluding carboxylic acids is 1. The summed E-state index contributed by atoms with van der Waals surface area (Å²) < 4.78 is 5.34. The molecule has 0 aromatic heterocycles. The molecule has 6 nitrogen and oxygen atoms in total. The summed E-state index contributed by atoms with van der Waals surface area (Å²) in [5, 5.41) is 3.31. The van der Waals surface area contributed by atoms with Crippen molar-refractivity contribution < 1.29 is 9.53 Å². The topological polar surface area (TPSA) is 80.0 Å². The van der Waals surface area contributed by atoms with Crippen molar-refractivity contribution in [2.45, 2.75) is 20.0 Å². The Balaban J connectivity index is 0.00000364. The zero-order chi connectivity index (χ0) is 18.8. The van der Waals surface area contributed by atoms with Gasteiger partial charge < -0.3 is 20.7 Å². The molecule has 2 aromatic carbocycles. The van der Waals surface area contributed by atoms with Gasteiger partial charge in [-0.05, 0) is 30.2 Å². The highest BCUT2D eigenvalue weighted by Crippen LogP contribution is 2.14. The summed E-state index contributed by atoms with van der Waals surface area (Å²) in [6.07, 6.45) is 0. The van der Waals surface area contributed by atoms with Crippen molar-refractivity contribution in [3.63, 3.8) is 0 Å². The molecule has 0 atom stereocenters. The Morgan fingerprint density at radius 3 is 2.52 bits per heavy atom. The number of nitrogens with two attached hydrogens (primary N) is 1. The normalized spacial score (nSPS) is 10.7. The molecule has 3 N–H and O–H groups in total. The van der Waals surface area contributed by atoms with Gasteiger partial charge in [-0.2, -0.15) is 0 Å². The second kappa shape index (κ2) is 12.2. The van der Waals surface area contributed by atoms with E-state index in [-0.39, 0.29) is 30.6 Å². The van der Waals surface area contributed by atoms with Gasteiger partial charge in [-0.15, -0.1) is 24.0 Å². The summed E-state index contributed by atoms with van der Waals surface area (Å²) in [5.41, 5.74) is 7.33. The smallest absolute Gasteiger partial charge is 0.255 e. The Morgan fingerprint density at radius 1 is 1.15 bits per heavy atom. The lowest BCUT2D eigenvalue weighted by Gasteiger charge is -2.22. The van der Waals surface area contributed by atoms with E-state index in [1.807, 2.05) is 50.4 Å². The molecule has 0 aliphatic carbocycles. The van der Waals surface area contributed by atoms with E-state index in [9.17, 15) is 4.79 Å². The molecule has 7 heteroatoms. The molecule has 0 aliphatic rings. The summed E-state index contributed by atoms with van der Waals surface area (Å²) in [6.45, 7) is 3.99. The van der Waals surface area contributed by atoms with E-state index in [1.54, 1.807) is 6.07 Å². The molecule has 0 unspecified atom stereocenters. The van der Waals surface area contributed by atoms with Crippen LogP contribution in [0.3, 0.4) is 0 Å². The summed E-state index contributed by atoms with van der Waals surface area (Å²) >= 11 is 0. The number of carbonyl (C=O) groups is 1. The van der Waals surface area contributed by atoms with Crippen LogP contribution in [0.1, 0.15) is 18.1 Å². The van der Waals surface area contributed by atoms with Gasteiger partial charge in [0, 0.05) is 20.1 Å². The van der Waals surface area contributed by atoms with Crippen LogP contribution in [0.15, 0.2) is 59.6 Å². The molecule has 146 valence electrons. The molecule has 0 heterocycles. The lowest BCUT2D eigenvalue weighted by molar-refractivity contribution is -0.119. The average Bonchev–Trinajstić information content (AvgIpc) is 2.64. The second-order valence-electron chi connectivity index (χ2n) is 5.91. The standard InChI is InChI=1S/C20H26N4O2.HI/c1-3-22-20(24(2)14-16-8-5-4-6-9-16)23-13-17-10-7-11-18(12-17)26-15-19(21)25;/h4-12H,3,13-15H2,1-2H3,(H2,21,25)(H,22,23);1H. The third-order valence-corrected chi connectivity index (χ3v) is 3.65. The number of amides is 1. The maximum Gasteiger partial charge on any atom is 0.255 e. The fourth-order valence-electron chi connectivity index (χ4n) is 2.46. The van der Waals surface area contributed by atoms with Crippen LogP contribution >= 0.6 is 24.0 Å². The van der Waals surface area contributed by atoms with Crippen molar-refractivity contribution in [2.24, 2.45) is 10.7 Å². The number of nitrogens with zero attached hydrogens (tertiary/aromatic N) is 2.